The van der Waals surface area contributed by atoms with Crippen LogP contribution in [0.5, 0.6) is 0 Å². The first kappa shape index (κ1) is 26.0. The van der Waals surface area contributed by atoms with Crippen LogP contribution in [-0.2, 0) is 9.53 Å². The van der Waals surface area contributed by atoms with Gasteiger partial charge in [-0.25, -0.2) is 9.79 Å². The maximum Gasteiger partial charge on any atom is 0.338 e. The van der Waals surface area contributed by atoms with E-state index in [-0.39, 0.29) is 12.2 Å². The van der Waals surface area contributed by atoms with E-state index in [2.05, 4.69) is 15.9 Å². The van der Waals surface area contributed by atoms with Crippen molar-refractivity contribution in [3.05, 3.63) is 144 Å². The fraction of sp³-hybridized carbons (Fsp3) is 0.0938. The Morgan fingerprint density at radius 3 is 2.45 bits per heavy atom. The SMILES string of the molecule is CCOC(=O)C1=C(c2ccccc2)N=c2s/c(=C\c3ccc(-c4cccc(Br)c4)o3)c(=O)n2[C@H]1c1ccccc1. The second-order valence-electron chi connectivity index (χ2n) is 9.05. The van der Waals surface area contributed by atoms with Crippen LogP contribution in [0.4, 0.5) is 0 Å². The summed E-state index contributed by atoms with van der Waals surface area (Å²) < 4.78 is 14.6. The molecule has 1 aliphatic heterocycles. The van der Waals surface area contributed by atoms with E-state index in [0.717, 1.165) is 21.2 Å². The highest BCUT2D eigenvalue weighted by atomic mass is 79.9. The average molecular weight is 612 g/mol. The standard InChI is InChI=1S/C32H23BrN2O4S/c1-2-38-31(37)27-28(20-10-5-3-6-11-20)34-32-35(29(27)21-12-7-4-8-13-21)30(36)26(40-32)19-24-16-17-25(39-24)22-14-9-15-23(33)18-22/h3-19,29H,2H2,1H3/b26-19-/t29-/m0/s1. The highest BCUT2D eigenvalue weighted by Crippen LogP contribution is 2.35. The second-order valence-corrected chi connectivity index (χ2v) is 11.0. The number of thiazole rings is 1. The predicted octanol–water partition coefficient (Wildman–Crippen LogP) is 5.96. The van der Waals surface area contributed by atoms with Crippen LogP contribution >= 0.6 is 27.3 Å². The molecule has 0 saturated carbocycles. The minimum Gasteiger partial charge on any atom is -0.463 e. The van der Waals surface area contributed by atoms with E-state index in [0.29, 0.717) is 32.1 Å². The van der Waals surface area contributed by atoms with Crippen LogP contribution in [0.15, 0.2) is 121 Å². The lowest BCUT2D eigenvalue weighted by Gasteiger charge is -2.25. The number of furan rings is 1. The van der Waals surface area contributed by atoms with Crippen molar-refractivity contribution in [2.75, 3.05) is 6.61 Å². The van der Waals surface area contributed by atoms with E-state index in [9.17, 15) is 9.59 Å². The van der Waals surface area contributed by atoms with Crippen molar-refractivity contribution in [2.24, 2.45) is 4.99 Å². The van der Waals surface area contributed by atoms with E-state index in [1.807, 2.05) is 97.1 Å². The van der Waals surface area contributed by atoms with E-state index in [4.69, 9.17) is 14.1 Å². The lowest BCUT2D eigenvalue weighted by molar-refractivity contribution is -0.138. The first-order valence-electron chi connectivity index (χ1n) is 12.7. The number of esters is 1. The molecule has 2 aromatic heterocycles. The minimum absolute atomic E-state index is 0.204. The van der Waals surface area contributed by atoms with Crippen LogP contribution in [0.25, 0.3) is 23.1 Å². The smallest absolute Gasteiger partial charge is 0.338 e. The Bertz CT molecular complexity index is 1920. The zero-order chi connectivity index (χ0) is 27.6. The van der Waals surface area contributed by atoms with E-state index >= 15 is 0 Å². The summed E-state index contributed by atoms with van der Waals surface area (Å²) in [6.45, 7) is 1.97. The van der Waals surface area contributed by atoms with Crippen molar-refractivity contribution in [2.45, 2.75) is 13.0 Å². The fourth-order valence-corrected chi connectivity index (χ4v) is 6.13. The highest BCUT2D eigenvalue weighted by Gasteiger charge is 2.35. The van der Waals surface area contributed by atoms with Gasteiger partial charge in [-0.3, -0.25) is 9.36 Å². The summed E-state index contributed by atoms with van der Waals surface area (Å²) in [7, 11) is 0. The maximum absolute atomic E-state index is 14.0. The first-order chi connectivity index (χ1) is 19.5. The second kappa shape index (κ2) is 11.1. The Balaban J connectivity index is 1.56. The predicted molar refractivity (Wildman–Crippen MR) is 159 cm³/mol. The van der Waals surface area contributed by atoms with Crippen LogP contribution in [-0.4, -0.2) is 17.1 Å². The number of halogens is 1. The number of nitrogens with zero attached hydrogens (tertiary/aromatic N) is 2. The van der Waals surface area contributed by atoms with Gasteiger partial charge in [-0.15, -0.1) is 0 Å². The van der Waals surface area contributed by atoms with Crippen molar-refractivity contribution in [3.8, 4) is 11.3 Å². The van der Waals surface area contributed by atoms with Gasteiger partial charge in [-0.1, -0.05) is 100 Å². The summed E-state index contributed by atoms with van der Waals surface area (Å²) in [6, 6.07) is 29.8. The zero-order valence-corrected chi connectivity index (χ0v) is 23.8. The molecule has 0 aliphatic carbocycles. The third-order valence-corrected chi connectivity index (χ3v) is 7.97. The van der Waals surface area contributed by atoms with Gasteiger partial charge in [-0.05, 0) is 36.8 Å². The average Bonchev–Trinajstić information content (AvgIpc) is 3.57. The topological polar surface area (TPSA) is 73.8 Å². The van der Waals surface area contributed by atoms with Crippen molar-refractivity contribution >= 4 is 45.0 Å². The molecule has 5 aromatic rings. The van der Waals surface area contributed by atoms with Crippen LogP contribution in [0.3, 0.4) is 0 Å². The van der Waals surface area contributed by atoms with Gasteiger partial charge in [-0.2, -0.15) is 0 Å². The third-order valence-electron chi connectivity index (χ3n) is 6.50. The molecule has 0 saturated heterocycles. The number of hydrogen-bond donors (Lipinski definition) is 0. The van der Waals surface area contributed by atoms with Gasteiger partial charge in [0.25, 0.3) is 5.56 Å². The van der Waals surface area contributed by atoms with Crippen LogP contribution < -0.4 is 14.9 Å². The minimum atomic E-state index is -0.706. The molecule has 0 unspecified atom stereocenters. The molecule has 6 rings (SSSR count). The maximum atomic E-state index is 14.0. The molecule has 0 spiro atoms. The number of aromatic nitrogens is 1. The van der Waals surface area contributed by atoms with Crippen LogP contribution in [0.1, 0.15) is 29.9 Å². The quantitative estimate of drug-likeness (QED) is 0.222. The molecule has 3 heterocycles. The Morgan fingerprint density at radius 1 is 1.00 bits per heavy atom. The largest absolute Gasteiger partial charge is 0.463 e. The zero-order valence-electron chi connectivity index (χ0n) is 21.4. The number of ether oxygens (including phenoxy) is 1. The Morgan fingerprint density at radius 2 is 1.73 bits per heavy atom. The first-order valence-corrected chi connectivity index (χ1v) is 14.3. The molecule has 3 aromatic carbocycles. The summed E-state index contributed by atoms with van der Waals surface area (Å²) in [5, 5.41) is 0. The molecule has 0 amide bonds. The lowest BCUT2D eigenvalue weighted by atomic mass is 9.93. The van der Waals surface area contributed by atoms with Gasteiger partial charge >= 0.3 is 5.97 Å². The number of fused-ring (bicyclic) bond motifs is 1. The fourth-order valence-electron chi connectivity index (χ4n) is 4.75. The number of carbonyl (C=O) groups excluding carboxylic acids is 1. The number of hydrogen-bond acceptors (Lipinski definition) is 6. The summed E-state index contributed by atoms with van der Waals surface area (Å²) in [6.07, 6.45) is 1.73. The number of rotatable bonds is 6. The normalized spacial score (nSPS) is 15.1. The number of benzene rings is 3. The Labute approximate surface area is 242 Å². The molecule has 0 N–H and O–H groups in total. The van der Waals surface area contributed by atoms with Gasteiger partial charge in [0.15, 0.2) is 4.80 Å². The van der Waals surface area contributed by atoms with Crippen molar-refractivity contribution in [3.63, 3.8) is 0 Å². The van der Waals surface area contributed by atoms with E-state index < -0.39 is 12.0 Å². The van der Waals surface area contributed by atoms with E-state index in [1.165, 1.54) is 11.3 Å². The molecule has 0 bridgehead atoms. The van der Waals surface area contributed by atoms with Gasteiger partial charge in [0.2, 0.25) is 0 Å². The molecule has 8 heteroatoms. The highest BCUT2D eigenvalue weighted by molar-refractivity contribution is 9.10. The molecular weight excluding hydrogens is 588 g/mol. The van der Waals surface area contributed by atoms with Crippen molar-refractivity contribution in [1.82, 2.24) is 4.57 Å². The summed E-state index contributed by atoms with van der Waals surface area (Å²) in [4.78, 5) is 32.8. The molecule has 198 valence electrons. The van der Waals surface area contributed by atoms with Crippen molar-refractivity contribution in [1.29, 1.82) is 0 Å². The van der Waals surface area contributed by atoms with Crippen LogP contribution in [0, 0.1) is 0 Å². The summed E-state index contributed by atoms with van der Waals surface area (Å²) in [5.41, 5.74) is 3.05. The van der Waals surface area contributed by atoms with Gasteiger partial charge in [0.1, 0.15) is 11.5 Å². The Kier molecular flexibility index (Phi) is 7.19. The molecule has 0 radical (unpaired) electrons. The third kappa shape index (κ3) is 4.92. The van der Waals surface area contributed by atoms with Gasteiger partial charge in [0.05, 0.1) is 28.5 Å². The summed E-state index contributed by atoms with van der Waals surface area (Å²) in [5.74, 6) is 0.737. The summed E-state index contributed by atoms with van der Waals surface area (Å²) >= 11 is 4.76. The monoisotopic (exact) mass is 610 g/mol. The molecule has 0 fully saturated rings. The Hall–Kier alpha value is -4.27. The molecule has 6 nitrogen and oxygen atoms in total. The molecule has 1 atom stereocenters. The van der Waals surface area contributed by atoms with Gasteiger partial charge < -0.3 is 9.15 Å². The van der Waals surface area contributed by atoms with E-state index in [1.54, 1.807) is 17.6 Å². The van der Waals surface area contributed by atoms with Gasteiger partial charge in [0, 0.05) is 21.7 Å². The van der Waals surface area contributed by atoms with Crippen molar-refractivity contribution < 1.29 is 13.9 Å². The lowest BCUT2D eigenvalue weighted by Crippen LogP contribution is -2.39. The molecular formula is C32H23BrN2O4S. The molecule has 1 aliphatic rings. The number of carbonyl (C=O) groups is 1. The molecule has 40 heavy (non-hydrogen) atoms. The van der Waals surface area contributed by atoms with Crippen LogP contribution in [0.2, 0.25) is 0 Å².